The molecule has 2 atom stereocenters. The van der Waals surface area contributed by atoms with Gasteiger partial charge in [0.2, 0.25) is 0 Å². The van der Waals surface area contributed by atoms with Gasteiger partial charge >= 0.3 is 0 Å². The Morgan fingerprint density at radius 1 is 1.00 bits per heavy atom. The molecule has 0 N–H and O–H groups in total. The minimum atomic E-state index is 0.0818. The van der Waals surface area contributed by atoms with Crippen LogP contribution in [-0.2, 0) is 22.4 Å². The molecule has 0 radical (unpaired) electrons. The second-order valence-electron chi connectivity index (χ2n) is 6.58. The molecular weight excluding hydrogens is 272 g/mol. The Morgan fingerprint density at radius 2 is 1.73 bits per heavy atom. The lowest BCUT2D eigenvalue weighted by atomic mass is 9.99. The maximum atomic E-state index is 11.5. The zero-order chi connectivity index (χ0) is 15.4. The molecule has 2 unspecified atom stereocenters. The number of carbonyl (C=O) groups is 1. The zero-order valence-corrected chi connectivity index (χ0v) is 13.5. The van der Waals surface area contributed by atoms with Crippen LogP contribution in [0.25, 0.3) is 0 Å². The van der Waals surface area contributed by atoms with Crippen molar-refractivity contribution < 1.29 is 9.53 Å². The number of aryl methyl sites for hydroxylation is 2. The molecule has 0 amide bonds. The van der Waals surface area contributed by atoms with Crippen molar-refractivity contribution in [1.82, 2.24) is 0 Å². The highest BCUT2D eigenvalue weighted by molar-refractivity contribution is 5.81. The second-order valence-corrected chi connectivity index (χ2v) is 6.58. The van der Waals surface area contributed by atoms with Gasteiger partial charge in [-0.1, -0.05) is 43.7 Å². The molecule has 2 nitrogen and oxygen atoms in total. The lowest BCUT2D eigenvalue weighted by Crippen LogP contribution is -2.26. The van der Waals surface area contributed by atoms with Gasteiger partial charge in [0.05, 0.1) is 12.2 Å². The Labute approximate surface area is 133 Å². The van der Waals surface area contributed by atoms with Crippen molar-refractivity contribution in [3.63, 3.8) is 0 Å². The van der Waals surface area contributed by atoms with Gasteiger partial charge in [0, 0.05) is 12.8 Å². The molecule has 1 aromatic rings. The lowest BCUT2D eigenvalue weighted by molar-refractivity contribution is -0.128. The van der Waals surface area contributed by atoms with Crippen LogP contribution < -0.4 is 0 Å². The standard InChI is InChI=1S/C20H26O2/c1-2-15-8-10-16(11-9-15)6-4-3-5-7-17-12-19-13-18(21)14-20(17)22-19/h8-12,19-20H,2-7,13-14H2,1H3. The van der Waals surface area contributed by atoms with Crippen molar-refractivity contribution in [2.24, 2.45) is 0 Å². The minimum Gasteiger partial charge on any atom is -0.366 e. The minimum absolute atomic E-state index is 0.0818. The van der Waals surface area contributed by atoms with Gasteiger partial charge in [-0.2, -0.15) is 0 Å². The third kappa shape index (κ3) is 3.86. The monoisotopic (exact) mass is 298 g/mol. The number of ketones is 1. The first-order valence-electron chi connectivity index (χ1n) is 8.70. The van der Waals surface area contributed by atoms with Crippen molar-refractivity contribution >= 4 is 5.78 Å². The summed E-state index contributed by atoms with van der Waals surface area (Å²) in [6, 6.07) is 9.02. The van der Waals surface area contributed by atoms with Crippen molar-refractivity contribution in [3.8, 4) is 0 Å². The van der Waals surface area contributed by atoms with Crippen LogP contribution in [0.15, 0.2) is 35.9 Å². The Morgan fingerprint density at radius 3 is 2.50 bits per heavy atom. The summed E-state index contributed by atoms with van der Waals surface area (Å²) in [7, 11) is 0. The second kappa shape index (κ2) is 7.23. The maximum Gasteiger partial charge on any atom is 0.138 e. The van der Waals surface area contributed by atoms with Crippen LogP contribution in [0.3, 0.4) is 0 Å². The van der Waals surface area contributed by atoms with Crippen molar-refractivity contribution in [2.45, 2.75) is 70.5 Å². The molecule has 2 aliphatic rings. The number of carbonyl (C=O) groups excluding carboxylic acids is 1. The number of hydrogen-bond acceptors (Lipinski definition) is 2. The highest BCUT2D eigenvalue weighted by atomic mass is 16.5. The topological polar surface area (TPSA) is 26.3 Å². The number of fused-ring (bicyclic) bond motifs is 2. The van der Waals surface area contributed by atoms with Crippen LogP contribution in [0.5, 0.6) is 0 Å². The van der Waals surface area contributed by atoms with E-state index in [4.69, 9.17) is 4.74 Å². The molecule has 1 fully saturated rings. The van der Waals surface area contributed by atoms with E-state index in [1.165, 1.54) is 42.4 Å². The van der Waals surface area contributed by atoms with Crippen LogP contribution >= 0.6 is 0 Å². The number of benzene rings is 1. The van der Waals surface area contributed by atoms with Crippen LogP contribution in [0.4, 0.5) is 0 Å². The highest BCUT2D eigenvalue weighted by Gasteiger charge is 2.34. The van der Waals surface area contributed by atoms with Crippen LogP contribution in [0.2, 0.25) is 0 Å². The molecule has 2 bridgehead atoms. The zero-order valence-electron chi connectivity index (χ0n) is 13.5. The predicted octanol–water partition coefficient (Wildman–Crippen LogP) is 4.41. The fourth-order valence-electron chi connectivity index (χ4n) is 3.51. The van der Waals surface area contributed by atoms with Crippen LogP contribution in [0.1, 0.15) is 56.6 Å². The molecule has 2 aliphatic heterocycles. The summed E-state index contributed by atoms with van der Waals surface area (Å²) < 4.78 is 5.81. The average Bonchev–Trinajstić information content (AvgIpc) is 2.81. The molecule has 0 spiro atoms. The largest absolute Gasteiger partial charge is 0.366 e. The molecule has 2 heterocycles. The molecule has 2 heteroatoms. The maximum absolute atomic E-state index is 11.5. The smallest absolute Gasteiger partial charge is 0.138 e. The van der Waals surface area contributed by atoms with E-state index in [1.807, 2.05) is 0 Å². The Kier molecular flexibility index (Phi) is 5.09. The third-order valence-corrected chi connectivity index (χ3v) is 4.86. The third-order valence-electron chi connectivity index (χ3n) is 4.86. The lowest BCUT2D eigenvalue weighted by Gasteiger charge is -2.21. The highest BCUT2D eigenvalue weighted by Crippen LogP contribution is 2.33. The quantitative estimate of drug-likeness (QED) is 0.550. The first kappa shape index (κ1) is 15.5. The molecular formula is C20H26O2. The van der Waals surface area contributed by atoms with E-state index in [9.17, 15) is 4.79 Å². The van der Waals surface area contributed by atoms with Gasteiger partial charge in [0.15, 0.2) is 0 Å². The van der Waals surface area contributed by atoms with Gasteiger partial charge in [-0.15, -0.1) is 0 Å². The van der Waals surface area contributed by atoms with Gasteiger partial charge in [0.25, 0.3) is 0 Å². The molecule has 0 aromatic heterocycles. The van der Waals surface area contributed by atoms with E-state index in [0.29, 0.717) is 18.6 Å². The molecule has 22 heavy (non-hydrogen) atoms. The van der Waals surface area contributed by atoms with E-state index >= 15 is 0 Å². The number of hydrogen-bond donors (Lipinski definition) is 0. The van der Waals surface area contributed by atoms with E-state index in [-0.39, 0.29) is 12.2 Å². The number of ether oxygens (including phenoxy) is 1. The van der Waals surface area contributed by atoms with Gasteiger partial charge in [-0.25, -0.2) is 0 Å². The number of unbranched alkanes of at least 4 members (excludes halogenated alkanes) is 2. The van der Waals surface area contributed by atoms with E-state index in [1.54, 1.807) is 0 Å². The summed E-state index contributed by atoms with van der Waals surface area (Å²) in [5.74, 6) is 0.364. The van der Waals surface area contributed by atoms with Gasteiger partial charge in [0.1, 0.15) is 5.78 Å². The van der Waals surface area contributed by atoms with E-state index in [2.05, 4.69) is 37.3 Å². The Balaban J connectivity index is 1.35. The molecule has 3 rings (SSSR count). The van der Waals surface area contributed by atoms with Crippen molar-refractivity contribution in [1.29, 1.82) is 0 Å². The normalized spacial score (nSPS) is 23.7. The predicted molar refractivity (Wildman–Crippen MR) is 89.0 cm³/mol. The fraction of sp³-hybridized carbons (Fsp3) is 0.550. The summed E-state index contributed by atoms with van der Waals surface area (Å²) in [6.45, 7) is 2.19. The van der Waals surface area contributed by atoms with Gasteiger partial charge < -0.3 is 4.74 Å². The molecule has 1 aromatic carbocycles. The Hall–Kier alpha value is -1.41. The van der Waals surface area contributed by atoms with E-state index < -0.39 is 0 Å². The van der Waals surface area contributed by atoms with Crippen molar-refractivity contribution in [3.05, 3.63) is 47.0 Å². The summed E-state index contributed by atoms with van der Waals surface area (Å²) in [5, 5.41) is 0. The number of rotatable bonds is 7. The van der Waals surface area contributed by atoms with Crippen molar-refractivity contribution in [2.75, 3.05) is 0 Å². The van der Waals surface area contributed by atoms with Crippen LogP contribution in [-0.4, -0.2) is 18.0 Å². The SMILES string of the molecule is CCc1ccc(CCCCCC2=CC3CC(=O)CC2O3)cc1. The summed E-state index contributed by atoms with van der Waals surface area (Å²) in [4.78, 5) is 11.5. The average molecular weight is 298 g/mol. The molecule has 118 valence electrons. The summed E-state index contributed by atoms with van der Waals surface area (Å²) >= 11 is 0. The summed E-state index contributed by atoms with van der Waals surface area (Å²) in [5.41, 5.74) is 4.24. The summed E-state index contributed by atoms with van der Waals surface area (Å²) in [6.07, 6.45) is 10.7. The fourth-order valence-corrected chi connectivity index (χ4v) is 3.51. The van der Waals surface area contributed by atoms with Gasteiger partial charge in [-0.05, 0) is 48.8 Å². The molecule has 0 aliphatic carbocycles. The first-order chi connectivity index (χ1) is 10.7. The molecule has 0 saturated carbocycles. The number of Topliss-reactive ketones (excluding diaryl/α,β-unsaturated/α-hetero) is 1. The van der Waals surface area contributed by atoms with Crippen LogP contribution in [0, 0.1) is 0 Å². The molecule has 1 saturated heterocycles. The van der Waals surface area contributed by atoms with E-state index in [0.717, 1.165) is 12.8 Å². The first-order valence-corrected chi connectivity index (χ1v) is 8.70. The Bertz CT molecular complexity index is 541. The van der Waals surface area contributed by atoms with Gasteiger partial charge in [-0.3, -0.25) is 4.79 Å².